The fraction of sp³-hybridized carbons (Fsp3) is 0.250. The van der Waals surface area contributed by atoms with Gasteiger partial charge in [-0.3, -0.25) is 0 Å². The van der Waals surface area contributed by atoms with Crippen molar-refractivity contribution in [1.82, 2.24) is 0 Å². The third-order valence-electron chi connectivity index (χ3n) is 2.64. The normalized spacial score (nSPS) is 10.9. The Morgan fingerprint density at radius 1 is 0.762 bits per heavy atom. The molecule has 0 heterocycles. The standard InChI is InChI=1S/C16H16F2S3/c1-3-19-15-7-5-11(9-13(15)17)21-12-6-8-16(20-4-2)14(18)10-12/h5-10H,3-4H2,1-2H3. The molecule has 0 N–H and O–H groups in total. The molecule has 2 aromatic carbocycles. The first-order valence-corrected chi connectivity index (χ1v) is 9.45. The van der Waals surface area contributed by atoms with Crippen LogP contribution in [0.2, 0.25) is 0 Å². The van der Waals surface area contributed by atoms with Gasteiger partial charge in [0, 0.05) is 19.6 Å². The highest BCUT2D eigenvalue weighted by molar-refractivity contribution is 8.00. The number of thioether (sulfide) groups is 2. The van der Waals surface area contributed by atoms with E-state index in [-0.39, 0.29) is 11.6 Å². The van der Waals surface area contributed by atoms with Gasteiger partial charge in [0.1, 0.15) is 11.6 Å². The van der Waals surface area contributed by atoms with Crippen molar-refractivity contribution in [2.24, 2.45) is 0 Å². The Labute approximate surface area is 137 Å². The lowest BCUT2D eigenvalue weighted by Crippen LogP contribution is -1.85. The molecule has 21 heavy (non-hydrogen) atoms. The molecule has 2 aromatic rings. The Hall–Kier alpha value is -0.650. The van der Waals surface area contributed by atoms with Crippen LogP contribution in [0, 0.1) is 11.6 Å². The lowest BCUT2D eigenvalue weighted by molar-refractivity contribution is 0.597. The summed E-state index contributed by atoms with van der Waals surface area (Å²) in [7, 11) is 0. The summed E-state index contributed by atoms with van der Waals surface area (Å²) in [5.41, 5.74) is 0. The number of hydrogen-bond donors (Lipinski definition) is 0. The zero-order valence-electron chi connectivity index (χ0n) is 11.9. The number of hydrogen-bond acceptors (Lipinski definition) is 3. The quantitative estimate of drug-likeness (QED) is 0.562. The SMILES string of the molecule is CCSc1ccc(Sc2ccc(SCC)c(F)c2)cc1F. The molecule has 0 spiro atoms. The molecule has 0 fully saturated rings. The molecule has 0 atom stereocenters. The lowest BCUT2D eigenvalue weighted by Gasteiger charge is -2.07. The third kappa shape index (κ3) is 4.66. The summed E-state index contributed by atoms with van der Waals surface area (Å²) in [5.74, 6) is 1.24. The molecule has 0 bridgehead atoms. The maximum Gasteiger partial charge on any atom is 0.137 e. The van der Waals surface area contributed by atoms with Crippen LogP contribution in [0.4, 0.5) is 8.78 Å². The maximum absolute atomic E-state index is 13.9. The number of halogens is 2. The van der Waals surface area contributed by atoms with Crippen LogP contribution in [-0.2, 0) is 0 Å². The topological polar surface area (TPSA) is 0 Å². The van der Waals surface area contributed by atoms with Gasteiger partial charge in [0.2, 0.25) is 0 Å². The van der Waals surface area contributed by atoms with E-state index < -0.39 is 0 Å². The zero-order chi connectivity index (χ0) is 15.2. The number of rotatable bonds is 6. The average Bonchev–Trinajstić information content (AvgIpc) is 2.45. The molecular formula is C16H16F2S3. The summed E-state index contributed by atoms with van der Waals surface area (Å²) in [6.07, 6.45) is 0. The van der Waals surface area contributed by atoms with Gasteiger partial charge in [-0.1, -0.05) is 25.6 Å². The van der Waals surface area contributed by atoms with Crippen molar-refractivity contribution in [2.75, 3.05) is 11.5 Å². The van der Waals surface area contributed by atoms with Gasteiger partial charge in [0.25, 0.3) is 0 Å². The van der Waals surface area contributed by atoms with E-state index in [9.17, 15) is 8.78 Å². The largest absolute Gasteiger partial charge is 0.206 e. The Kier molecular flexibility index (Phi) is 6.45. The van der Waals surface area contributed by atoms with E-state index in [2.05, 4.69) is 0 Å². The highest BCUT2D eigenvalue weighted by Crippen LogP contribution is 2.33. The molecule has 0 saturated carbocycles. The van der Waals surface area contributed by atoms with Gasteiger partial charge >= 0.3 is 0 Å². The van der Waals surface area contributed by atoms with E-state index in [1.165, 1.54) is 47.4 Å². The Morgan fingerprint density at radius 2 is 1.19 bits per heavy atom. The summed E-state index contributed by atoms with van der Waals surface area (Å²) in [4.78, 5) is 2.87. The second-order valence-corrected chi connectivity index (χ2v) is 7.91. The monoisotopic (exact) mass is 342 g/mol. The van der Waals surface area contributed by atoms with Gasteiger partial charge in [0.05, 0.1) is 0 Å². The molecule has 0 aliphatic carbocycles. The molecule has 0 radical (unpaired) electrons. The van der Waals surface area contributed by atoms with Crippen LogP contribution < -0.4 is 0 Å². The van der Waals surface area contributed by atoms with E-state index in [1.54, 1.807) is 12.1 Å². The molecule has 0 unspecified atom stereocenters. The second kappa shape index (κ2) is 8.11. The molecular weight excluding hydrogens is 326 g/mol. The van der Waals surface area contributed by atoms with E-state index in [4.69, 9.17) is 0 Å². The van der Waals surface area contributed by atoms with E-state index in [1.807, 2.05) is 26.0 Å². The molecule has 112 valence electrons. The van der Waals surface area contributed by atoms with Crippen molar-refractivity contribution in [3.8, 4) is 0 Å². The summed E-state index contributed by atoms with van der Waals surface area (Å²) in [6.45, 7) is 3.98. The van der Waals surface area contributed by atoms with Crippen LogP contribution in [0.25, 0.3) is 0 Å². The summed E-state index contributed by atoms with van der Waals surface area (Å²) < 4.78 is 27.7. The van der Waals surface area contributed by atoms with Crippen LogP contribution in [0.1, 0.15) is 13.8 Å². The molecule has 0 saturated heterocycles. The highest BCUT2D eigenvalue weighted by atomic mass is 32.2. The van der Waals surface area contributed by atoms with Gasteiger partial charge in [-0.25, -0.2) is 8.78 Å². The minimum Gasteiger partial charge on any atom is -0.206 e. The van der Waals surface area contributed by atoms with Crippen LogP contribution in [0.3, 0.4) is 0 Å². The molecule has 2 rings (SSSR count). The Bertz CT molecular complexity index is 561. The van der Waals surface area contributed by atoms with Crippen molar-refractivity contribution in [3.05, 3.63) is 48.0 Å². The molecule has 0 aliphatic heterocycles. The van der Waals surface area contributed by atoms with Crippen molar-refractivity contribution < 1.29 is 8.78 Å². The summed E-state index contributed by atoms with van der Waals surface area (Å²) in [5, 5.41) is 0. The van der Waals surface area contributed by atoms with Crippen molar-refractivity contribution in [1.29, 1.82) is 0 Å². The fourth-order valence-corrected chi connectivity index (χ4v) is 3.98. The second-order valence-electron chi connectivity index (χ2n) is 4.15. The molecule has 0 amide bonds. The van der Waals surface area contributed by atoms with E-state index >= 15 is 0 Å². The predicted octanol–water partition coefficient (Wildman–Crippen LogP) is 6.34. The van der Waals surface area contributed by atoms with Gasteiger partial charge < -0.3 is 0 Å². The summed E-state index contributed by atoms with van der Waals surface area (Å²) >= 11 is 4.33. The molecule has 0 aromatic heterocycles. The van der Waals surface area contributed by atoms with Crippen LogP contribution in [-0.4, -0.2) is 11.5 Å². The van der Waals surface area contributed by atoms with Gasteiger partial charge in [-0.15, -0.1) is 23.5 Å². The maximum atomic E-state index is 13.9. The van der Waals surface area contributed by atoms with Crippen molar-refractivity contribution >= 4 is 35.3 Å². The first kappa shape index (κ1) is 16.7. The van der Waals surface area contributed by atoms with Gasteiger partial charge in [0.15, 0.2) is 0 Å². The smallest absolute Gasteiger partial charge is 0.137 e. The molecule has 5 heteroatoms. The van der Waals surface area contributed by atoms with Crippen LogP contribution in [0.15, 0.2) is 56.0 Å². The third-order valence-corrected chi connectivity index (χ3v) is 5.48. The minimum atomic E-state index is -0.217. The Balaban J connectivity index is 2.14. The lowest BCUT2D eigenvalue weighted by atomic mass is 10.3. The van der Waals surface area contributed by atoms with Crippen LogP contribution in [0.5, 0.6) is 0 Å². The Morgan fingerprint density at radius 3 is 1.52 bits per heavy atom. The van der Waals surface area contributed by atoms with Crippen molar-refractivity contribution in [2.45, 2.75) is 33.4 Å². The van der Waals surface area contributed by atoms with Crippen LogP contribution >= 0.6 is 35.3 Å². The van der Waals surface area contributed by atoms with E-state index in [0.717, 1.165) is 21.3 Å². The van der Waals surface area contributed by atoms with E-state index in [0.29, 0.717) is 9.79 Å². The minimum absolute atomic E-state index is 0.217. The number of benzene rings is 2. The average molecular weight is 343 g/mol. The summed E-state index contributed by atoms with van der Waals surface area (Å²) in [6, 6.07) is 10.3. The molecule has 0 nitrogen and oxygen atoms in total. The molecule has 0 aliphatic rings. The zero-order valence-corrected chi connectivity index (χ0v) is 14.3. The highest BCUT2D eigenvalue weighted by Gasteiger charge is 2.07. The van der Waals surface area contributed by atoms with Crippen molar-refractivity contribution in [3.63, 3.8) is 0 Å². The predicted molar refractivity (Wildman–Crippen MR) is 89.7 cm³/mol. The first-order valence-electron chi connectivity index (χ1n) is 6.66. The first-order chi connectivity index (χ1) is 10.1. The van der Waals surface area contributed by atoms with Gasteiger partial charge in [-0.05, 0) is 47.9 Å². The fourth-order valence-electron chi connectivity index (χ4n) is 1.77. The van der Waals surface area contributed by atoms with Gasteiger partial charge in [-0.2, -0.15) is 0 Å².